The number of nitrogens with one attached hydrogen (secondary N) is 2. The summed E-state index contributed by atoms with van der Waals surface area (Å²) in [6, 6.07) is 9.18. The van der Waals surface area contributed by atoms with Gasteiger partial charge in [-0.25, -0.2) is 4.79 Å². The summed E-state index contributed by atoms with van der Waals surface area (Å²) in [6.45, 7) is 4.14. The average Bonchev–Trinajstić information content (AvgIpc) is 3.07. The maximum atomic E-state index is 11.9. The standard InChI is InChI=1S/C17H22N2O3S/c1-12-6-7-13(14(9-12)23-3)10-18-16(20)19-11-17(2,21)15-5-4-8-22-15/h4-9,21H,10-11H2,1-3H3,(H2,18,19,20). The molecule has 124 valence electrons. The summed E-state index contributed by atoms with van der Waals surface area (Å²) >= 11 is 1.65. The van der Waals surface area contributed by atoms with Gasteiger partial charge in [0, 0.05) is 11.4 Å². The van der Waals surface area contributed by atoms with Gasteiger partial charge in [-0.2, -0.15) is 0 Å². The molecule has 2 aromatic rings. The molecule has 1 heterocycles. The molecule has 3 N–H and O–H groups in total. The van der Waals surface area contributed by atoms with Crippen molar-refractivity contribution < 1.29 is 14.3 Å². The van der Waals surface area contributed by atoms with Crippen molar-refractivity contribution in [1.82, 2.24) is 10.6 Å². The SMILES string of the molecule is CSc1cc(C)ccc1CNC(=O)NCC(C)(O)c1ccco1. The van der Waals surface area contributed by atoms with Crippen LogP contribution in [0, 0.1) is 6.92 Å². The summed E-state index contributed by atoms with van der Waals surface area (Å²) in [5.41, 5.74) is 1.02. The van der Waals surface area contributed by atoms with Crippen LogP contribution in [-0.2, 0) is 12.1 Å². The van der Waals surface area contributed by atoms with Crippen molar-refractivity contribution in [1.29, 1.82) is 0 Å². The van der Waals surface area contributed by atoms with E-state index in [9.17, 15) is 9.90 Å². The number of benzene rings is 1. The number of furan rings is 1. The van der Waals surface area contributed by atoms with Crippen LogP contribution in [0.3, 0.4) is 0 Å². The molecule has 0 saturated heterocycles. The molecule has 0 radical (unpaired) electrons. The second-order valence-corrected chi connectivity index (χ2v) is 6.45. The van der Waals surface area contributed by atoms with Crippen LogP contribution in [0.2, 0.25) is 0 Å². The van der Waals surface area contributed by atoms with Gasteiger partial charge in [-0.15, -0.1) is 11.8 Å². The number of carbonyl (C=O) groups excluding carboxylic acids is 1. The highest BCUT2D eigenvalue weighted by atomic mass is 32.2. The number of amides is 2. The molecule has 1 aromatic carbocycles. The second kappa shape index (κ2) is 7.57. The zero-order valence-electron chi connectivity index (χ0n) is 13.6. The summed E-state index contributed by atoms with van der Waals surface area (Å²) in [5.74, 6) is 0.418. The van der Waals surface area contributed by atoms with E-state index in [1.807, 2.05) is 25.3 Å². The molecule has 1 atom stereocenters. The molecule has 0 aliphatic carbocycles. The molecule has 0 saturated carbocycles. The van der Waals surface area contributed by atoms with Crippen LogP contribution in [0.5, 0.6) is 0 Å². The normalized spacial score (nSPS) is 13.4. The number of rotatable bonds is 6. The topological polar surface area (TPSA) is 74.5 Å². The van der Waals surface area contributed by atoms with Crippen molar-refractivity contribution in [2.24, 2.45) is 0 Å². The van der Waals surface area contributed by atoms with Crippen molar-refractivity contribution in [3.8, 4) is 0 Å². The lowest BCUT2D eigenvalue weighted by Crippen LogP contribution is -2.43. The van der Waals surface area contributed by atoms with Crippen molar-refractivity contribution in [3.05, 3.63) is 53.5 Å². The first-order valence-corrected chi connectivity index (χ1v) is 8.56. The van der Waals surface area contributed by atoms with Gasteiger partial charge >= 0.3 is 6.03 Å². The van der Waals surface area contributed by atoms with Crippen LogP contribution >= 0.6 is 11.8 Å². The van der Waals surface area contributed by atoms with E-state index >= 15 is 0 Å². The Bertz CT molecular complexity index is 654. The minimum atomic E-state index is -1.24. The Hall–Kier alpha value is -1.92. The molecule has 23 heavy (non-hydrogen) atoms. The minimum Gasteiger partial charge on any atom is -0.466 e. The second-order valence-electron chi connectivity index (χ2n) is 5.60. The number of hydrogen-bond donors (Lipinski definition) is 3. The van der Waals surface area contributed by atoms with E-state index in [0.29, 0.717) is 12.3 Å². The summed E-state index contributed by atoms with van der Waals surface area (Å²) in [6.07, 6.45) is 3.50. The van der Waals surface area contributed by atoms with Crippen LogP contribution in [0.15, 0.2) is 45.9 Å². The van der Waals surface area contributed by atoms with Crippen LogP contribution in [-0.4, -0.2) is 23.9 Å². The van der Waals surface area contributed by atoms with E-state index < -0.39 is 5.60 Å². The lowest BCUT2D eigenvalue weighted by molar-refractivity contribution is 0.0367. The number of urea groups is 1. The van der Waals surface area contributed by atoms with Gasteiger partial charge in [-0.05, 0) is 49.4 Å². The van der Waals surface area contributed by atoms with Gasteiger partial charge in [-0.3, -0.25) is 0 Å². The highest BCUT2D eigenvalue weighted by Crippen LogP contribution is 2.22. The summed E-state index contributed by atoms with van der Waals surface area (Å²) in [4.78, 5) is 13.1. The Morgan fingerprint density at radius 3 is 2.78 bits per heavy atom. The molecule has 0 bridgehead atoms. The highest BCUT2D eigenvalue weighted by Gasteiger charge is 2.26. The first-order valence-electron chi connectivity index (χ1n) is 7.34. The quantitative estimate of drug-likeness (QED) is 0.710. The van der Waals surface area contributed by atoms with E-state index in [2.05, 4.69) is 16.7 Å². The number of thioether (sulfide) groups is 1. The van der Waals surface area contributed by atoms with Gasteiger partial charge in [0.15, 0.2) is 0 Å². The van der Waals surface area contributed by atoms with Gasteiger partial charge in [0.05, 0.1) is 12.8 Å². The van der Waals surface area contributed by atoms with E-state index in [0.717, 1.165) is 10.5 Å². The lowest BCUT2D eigenvalue weighted by atomic mass is 10.0. The average molecular weight is 334 g/mol. The van der Waals surface area contributed by atoms with Crippen molar-refractivity contribution >= 4 is 17.8 Å². The van der Waals surface area contributed by atoms with Gasteiger partial charge in [0.25, 0.3) is 0 Å². The molecule has 1 unspecified atom stereocenters. The molecule has 0 spiro atoms. The molecular weight excluding hydrogens is 312 g/mol. The number of carbonyl (C=O) groups is 1. The summed E-state index contributed by atoms with van der Waals surface area (Å²) in [7, 11) is 0. The predicted molar refractivity (Wildman–Crippen MR) is 91.5 cm³/mol. The monoisotopic (exact) mass is 334 g/mol. The maximum Gasteiger partial charge on any atom is 0.315 e. The Morgan fingerprint density at radius 2 is 2.13 bits per heavy atom. The predicted octanol–water partition coefficient (Wildman–Crippen LogP) is 3.02. The number of aryl methyl sites for hydroxylation is 1. The molecule has 1 aromatic heterocycles. The highest BCUT2D eigenvalue weighted by molar-refractivity contribution is 7.98. The van der Waals surface area contributed by atoms with Gasteiger partial charge in [0.1, 0.15) is 11.4 Å². The third-order valence-corrected chi connectivity index (χ3v) is 4.35. The number of aliphatic hydroxyl groups is 1. The van der Waals surface area contributed by atoms with Crippen LogP contribution in [0.1, 0.15) is 23.8 Å². The third kappa shape index (κ3) is 4.77. The summed E-state index contributed by atoms with van der Waals surface area (Å²) in [5, 5.41) is 15.8. The van der Waals surface area contributed by atoms with Crippen LogP contribution in [0.25, 0.3) is 0 Å². The first kappa shape index (κ1) is 17.4. The smallest absolute Gasteiger partial charge is 0.315 e. The van der Waals surface area contributed by atoms with E-state index in [-0.39, 0.29) is 12.6 Å². The molecule has 0 fully saturated rings. The number of hydrogen-bond acceptors (Lipinski definition) is 4. The Kier molecular flexibility index (Phi) is 5.74. The van der Waals surface area contributed by atoms with Crippen molar-refractivity contribution in [3.63, 3.8) is 0 Å². The van der Waals surface area contributed by atoms with Crippen molar-refractivity contribution in [2.75, 3.05) is 12.8 Å². The summed E-state index contributed by atoms with van der Waals surface area (Å²) < 4.78 is 5.18. The minimum absolute atomic E-state index is 0.0651. The molecular formula is C17H22N2O3S. The van der Waals surface area contributed by atoms with Crippen molar-refractivity contribution in [2.45, 2.75) is 30.9 Å². The van der Waals surface area contributed by atoms with E-state index in [4.69, 9.17) is 4.42 Å². The van der Waals surface area contributed by atoms with E-state index in [1.165, 1.54) is 11.8 Å². The first-order chi connectivity index (χ1) is 10.9. The molecule has 0 aliphatic rings. The fraction of sp³-hybridized carbons (Fsp3) is 0.353. The molecule has 2 amide bonds. The Balaban J connectivity index is 1.86. The fourth-order valence-electron chi connectivity index (χ4n) is 2.16. The zero-order valence-corrected chi connectivity index (χ0v) is 14.4. The molecule has 0 aliphatic heterocycles. The van der Waals surface area contributed by atoms with E-state index in [1.54, 1.807) is 30.8 Å². The van der Waals surface area contributed by atoms with Gasteiger partial charge in [-0.1, -0.05) is 12.1 Å². The molecule has 6 heteroatoms. The molecule has 2 rings (SSSR count). The van der Waals surface area contributed by atoms with Gasteiger partial charge < -0.3 is 20.2 Å². The fourth-order valence-corrected chi connectivity index (χ4v) is 2.87. The third-order valence-electron chi connectivity index (χ3n) is 3.53. The van der Waals surface area contributed by atoms with Crippen LogP contribution in [0.4, 0.5) is 4.79 Å². The largest absolute Gasteiger partial charge is 0.466 e. The zero-order chi connectivity index (χ0) is 16.9. The lowest BCUT2D eigenvalue weighted by Gasteiger charge is -2.21. The molecule has 5 nitrogen and oxygen atoms in total. The Labute approximate surface area is 140 Å². The Morgan fingerprint density at radius 1 is 1.35 bits per heavy atom. The van der Waals surface area contributed by atoms with Gasteiger partial charge in [0.2, 0.25) is 0 Å². The van der Waals surface area contributed by atoms with Crippen LogP contribution < -0.4 is 10.6 Å². The maximum absolute atomic E-state index is 11.9.